The van der Waals surface area contributed by atoms with Crippen LogP contribution in [0.2, 0.25) is 0 Å². The van der Waals surface area contributed by atoms with E-state index >= 15 is 0 Å². The second-order valence-electron chi connectivity index (χ2n) is 12.8. The fourth-order valence-electron chi connectivity index (χ4n) is 6.15. The second kappa shape index (κ2) is 16.3. The van der Waals surface area contributed by atoms with Crippen LogP contribution in [0.4, 0.5) is 0 Å². The van der Waals surface area contributed by atoms with Gasteiger partial charge in [0, 0.05) is 19.0 Å². The first-order valence-corrected chi connectivity index (χ1v) is 18.7. The quantitative estimate of drug-likeness (QED) is 0.128. The number of hydrogen-bond acceptors (Lipinski definition) is 8. The molecule has 0 bridgehead atoms. The molecule has 9 nitrogen and oxygen atoms in total. The van der Waals surface area contributed by atoms with E-state index in [1.807, 2.05) is 95.5 Å². The Morgan fingerprint density at radius 2 is 1.00 bits per heavy atom. The van der Waals surface area contributed by atoms with Crippen LogP contribution in [0.15, 0.2) is 132 Å². The molecule has 0 aliphatic heterocycles. The summed E-state index contributed by atoms with van der Waals surface area (Å²) in [5.41, 5.74) is 8.57. The zero-order valence-electron chi connectivity index (χ0n) is 31.3. The number of ether oxygens (including phenoxy) is 3. The Labute approximate surface area is 319 Å². The van der Waals surface area contributed by atoms with E-state index in [2.05, 4.69) is 84.5 Å². The van der Waals surface area contributed by atoms with Gasteiger partial charge in [-0.25, -0.2) is 19.9 Å². The van der Waals surface area contributed by atoms with E-state index in [9.17, 15) is 0 Å². The minimum Gasteiger partial charge on any atom is -0.494 e. The molecule has 0 aliphatic carbocycles. The zero-order valence-corrected chi connectivity index (χ0v) is 32.1. The maximum atomic E-state index is 6.02. The Hall–Kier alpha value is -6.13. The van der Waals surface area contributed by atoms with E-state index in [1.54, 1.807) is 18.1 Å². The molecule has 0 fully saturated rings. The fraction of sp³-hybridized carbons (Fsp3) is 0.182. The van der Waals surface area contributed by atoms with Gasteiger partial charge in [0.2, 0.25) is 5.88 Å². The molecule has 0 aliphatic rings. The highest BCUT2D eigenvalue weighted by Gasteiger charge is 2.16. The molecule has 4 heterocycles. The Morgan fingerprint density at radius 3 is 1.54 bits per heavy atom. The van der Waals surface area contributed by atoms with E-state index < -0.39 is 0 Å². The van der Waals surface area contributed by atoms with Crippen LogP contribution in [0.3, 0.4) is 0 Å². The van der Waals surface area contributed by atoms with Crippen molar-refractivity contribution in [2.45, 2.75) is 37.6 Å². The van der Waals surface area contributed by atoms with Crippen molar-refractivity contribution in [2.24, 2.45) is 14.1 Å². The van der Waals surface area contributed by atoms with E-state index in [1.165, 1.54) is 22.3 Å². The van der Waals surface area contributed by atoms with Crippen molar-refractivity contribution >= 4 is 33.8 Å². The largest absolute Gasteiger partial charge is 0.494 e. The van der Waals surface area contributed by atoms with Gasteiger partial charge in [0.05, 0.1) is 35.4 Å². The summed E-state index contributed by atoms with van der Waals surface area (Å²) in [5.74, 6) is 3.06. The lowest BCUT2D eigenvalue weighted by atomic mass is 10.1. The summed E-state index contributed by atoms with van der Waals surface area (Å²) in [4.78, 5) is 19.0. The molecule has 0 saturated carbocycles. The Balaban J connectivity index is 0.000000167. The summed E-state index contributed by atoms with van der Waals surface area (Å²) in [6, 6.07) is 36.9. The van der Waals surface area contributed by atoms with Crippen molar-refractivity contribution in [3.05, 3.63) is 133 Å². The number of benzene rings is 4. The van der Waals surface area contributed by atoms with Crippen molar-refractivity contribution in [3.8, 4) is 45.6 Å². The molecule has 10 heteroatoms. The number of hydrogen-bond donors (Lipinski definition) is 0. The van der Waals surface area contributed by atoms with E-state index in [0.29, 0.717) is 19.1 Å². The lowest BCUT2D eigenvalue weighted by Gasteiger charge is -2.06. The molecule has 0 saturated heterocycles. The molecule has 0 unspecified atom stereocenters. The summed E-state index contributed by atoms with van der Waals surface area (Å²) in [6.07, 6.45) is 3.18. The van der Waals surface area contributed by atoms with Crippen LogP contribution in [0.1, 0.15) is 25.0 Å². The van der Waals surface area contributed by atoms with E-state index in [4.69, 9.17) is 14.2 Å². The molecule has 272 valence electrons. The summed E-state index contributed by atoms with van der Waals surface area (Å²) in [5, 5.41) is 2.91. The highest BCUT2D eigenvalue weighted by molar-refractivity contribution is 7.99. The van der Waals surface area contributed by atoms with Crippen LogP contribution in [0.5, 0.6) is 23.1 Å². The van der Waals surface area contributed by atoms with Crippen molar-refractivity contribution in [1.82, 2.24) is 29.1 Å². The SMILES string of the molecule is CCOc1ccc(-c2cc3c(Oc4ccc(C)cc4)ncnc3n2C)cc1.CCOc1ccc(-c2cc3c(Sc4ccc(C)cc4)ncnc3n2C)cc1. The number of aromatic nitrogens is 6. The minimum absolute atomic E-state index is 0.552. The highest BCUT2D eigenvalue weighted by Crippen LogP contribution is 2.36. The minimum atomic E-state index is 0.552. The number of fused-ring (bicyclic) bond motifs is 2. The van der Waals surface area contributed by atoms with E-state index in [0.717, 1.165) is 66.9 Å². The third kappa shape index (κ3) is 7.94. The Kier molecular flexibility index (Phi) is 10.9. The maximum Gasteiger partial charge on any atom is 0.231 e. The van der Waals surface area contributed by atoms with Gasteiger partial charge in [-0.2, -0.15) is 0 Å². The molecule has 4 aromatic carbocycles. The van der Waals surface area contributed by atoms with Gasteiger partial charge < -0.3 is 23.3 Å². The normalized spacial score (nSPS) is 11.0. The van der Waals surface area contributed by atoms with Crippen molar-refractivity contribution in [3.63, 3.8) is 0 Å². The first kappa shape index (κ1) is 36.2. The summed E-state index contributed by atoms with van der Waals surface area (Å²) >= 11 is 1.67. The molecule has 0 amide bonds. The predicted molar refractivity (Wildman–Crippen MR) is 217 cm³/mol. The van der Waals surface area contributed by atoms with Gasteiger partial charge in [-0.3, -0.25) is 0 Å². The first-order chi connectivity index (χ1) is 26.3. The van der Waals surface area contributed by atoms with Gasteiger partial charge in [-0.15, -0.1) is 0 Å². The fourth-order valence-corrected chi connectivity index (χ4v) is 7.01. The number of nitrogens with zero attached hydrogens (tertiary/aromatic N) is 6. The maximum absolute atomic E-state index is 6.02. The highest BCUT2D eigenvalue weighted by atomic mass is 32.2. The molecule has 0 N–H and O–H groups in total. The van der Waals surface area contributed by atoms with Crippen molar-refractivity contribution in [1.29, 1.82) is 0 Å². The molecular weight excluding hydrogens is 693 g/mol. The number of aryl methyl sites for hydroxylation is 4. The molecule has 8 aromatic rings. The topological polar surface area (TPSA) is 89.1 Å². The summed E-state index contributed by atoms with van der Waals surface area (Å²) in [7, 11) is 4.04. The molecule has 0 spiro atoms. The smallest absolute Gasteiger partial charge is 0.231 e. The first-order valence-electron chi connectivity index (χ1n) is 17.9. The third-order valence-corrected chi connectivity index (χ3v) is 9.99. The Morgan fingerprint density at radius 1 is 0.537 bits per heavy atom. The van der Waals surface area contributed by atoms with Gasteiger partial charge >= 0.3 is 0 Å². The summed E-state index contributed by atoms with van der Waals surface area (Å²) < 4.78 is 21.3. The van der Waals surface area contributed by atoms with Crippen LogP contribution >= 0.6 is 11.8 Å². The van der Waals surface area contributed by atoms with Crippen LogP contribution in [0.25, 0.3) is 44.6 Å². The van der Waals surface area contributed by atoms with Gasteiger partial charge in [-0.1, -0.05) is 47.2 Å². The standard InChI is InChI=1S/C22H21N3O2.C22H21N3OS/c1-4-26-17-11-7-16(8-12-17)20-13-19-21(25(20)3)23-14-24-22(19)27-18-9-5-15(2)6-10-18;1-4-26-17-9-7-16(8-10-17)20-13-19-21(25(20)3)23-14-24-22(19)27-18-11-5-15(2)6-12-18/h2*5-14H,4H2,1-3H3. The van der Waals surface area contributed by atoms with Crippen LogP contribution < -0.4 is 14.2 Å². The molecule has 0 radical (unpaired) electrons. The molecular formula is C44H42N6O3S. The van der Waals surface area contributed by atoms with Crippen molar-refractivity contribution in [2.75, 3.05) is 13.2 Å². The molecule has 0 atom stereocenters. The van der Waals surface area contributed by atoms with Crippen LogP contribution in [-0.2, 0) is 14.1 Å². The average molecular weight is 735 g/mol. The second-order valence-corrected chi connectivity index (χ2v) is 13.8. The van der Waals surface area contributed by atoms with Gasteiger partial charge in [-0.05, 0) is 124 Å². The lowest BCUT2D eigenvalue weighted by molar-refractivity contribution is 0.340. The predicted octanol–water partition coefficient (Wildman–Crippen LogP) is 10.6. The van der Waals surface area contributed by atoms with Crippen molar-refractivity contribution < 1.29 is 14.2 Å². The van der Waals surface area contributed by atoms with Gasteiger partial charge in [0.1, 0.15) is 46.2 Å². The van der Waals surface area contributed by atoms with E-state index in [-0.39, 0.29) is 0 Å². The average Bonchev–Trinajstić information content (AvgIpc) is 3.72. The monoisotopic (exact) mass is 734 g/mol. The van der Waals surface area contributed by atoms with Gasteiger partial charge in [0.25, 0.3) is 0 Å². The van der Waals surface area contributed by atoms with Crippen LogP contribution in [-0.4, -0.2) is 42.3 Å². The lowest BCUT2D eigenvalue weighted by Crippen LogP contribution is -1.95. The number of rotatable bonds is 10. The molecule has 4 aromatic heterocycles. The Bertz CT molecular complexity index is 2310. The van der Waals surface area contributed by atoms with Gasteiger partial charge in [0.15, 0.2) is 0 Å². The molecule has 54 heavy (non-hydrogen) atoms. The third-order valence-electron chi connectivity index (χ3n) is 8.97. The molecule has 8 rings (SSSR count). The van der Waals surface area contributed by atoms with Crippen LogP contribution in [0, 0.1) is 13.8 Å². The summed E-state index contributed by atoms with van der Waals surface area (Å²) in [6.45, 7) is 9.44. The zero-order chi connectivity index (χ0) is 37.6.